The van der Waals surface area contributed by atoms with Gasteiger partial charge in [-0.3, -0.25) is 9.69 Å². The Hall–Kier alpha value is -0.370. The molecule has 2 nitrogen and oxygen atoms in total. The number of ketones is 1. The Morgan fingerprint density at radius 1 is 1.50 bits per heavy atom. The minimum absolute atomic E-state index is 0.455. The first kappa shape index (κ1) is 8.24. The fourth-order valence-corrected chi connectivity index (χ4v) is 2.49. The van der Waals surface area contributed by atoms with E-state index in [2.05, 4.69) is 11.8 Å². The highest BCUT2D eigenvalue weighted by Crippen LogP contribution is 2.29. The number of nitrogens with zero attached hydrogens (tertiary/aromatic N) is 1. The third-order valence-electron chi connectivity index (χ3n) is 3.34. The van der Waals surface area contributed by atoms with Gasteiger partial charge in [-0.1, -0.05) is 13.3 Å². The summed E-state index contributed by atoms with van der Waals surface area (Å²) in [5.74, 6) is 1.31. The predicted octanol–water partition coefficient (Wildman–Crippen LogP) is 1.45. The van der Waals surface area contributed by atoms with E-state index in [1.807, 2.05) is 0 Å². The van der Waals surface area contributed by atoms with Gasteiger partial charge < -0.3 is 0 Å². The molecule has 12 heavy (non-hydrogen) atoms. The topological polar surface area (TPSA) is 20.3 Å². The number of rotatable bonds is 1. The van der Waals surface area contributed by atoms with Gasteiger partial charge in [-0.2, -0.15) is 0 Å². The van der Waals surface area contributed by atoms with Gasteiger partial charge in [0.05, 0.1) is 6.54 Å². The van der Waals surface area contributed by atoms with Crippen molar-refractivity contribution in [3.63, 3.8) is 0 Å². The van der Waals surface area contributed by atoms with Crippen molar-refractivity contribution in [1.82, 2.24) is 4.90 Å². The maximum Gasteiger partial charge on any atom is 0.148 e. The van der Waals surface area contributed by atoms with Gasteiger partial charge in [0.15, 0.2) is 0 Å². The van der Waals surface area contributed by atoms with Crippen molar-refractivity contribution < 1.29 is 4.79 Å². The highest BCUT2D eigenvalue weighted by molar-refractivity contribution is 5.83. The van der Waals surface area contributed by atoms with Crippen LogP contribution in [0, 0.1) is 5.92 Å². The highest BCUT2D eigenvalue weighted by Gasteiger charge is 2.34. The number of carbonyl (C=O) groups excluding carboxylic acids is 1. The Kier molecular flexibility index (Phi) is 2.18. The van der Waals surface area contributed by atoms with E-state index in [-0.39, 0.29) is 0 Å². The molecule has 2 atom stereocenters. The number of hydrogen-bond donors (Lipinski definition) is 0. The summed E-state index contributed by atoms with van der Waals surface area (Å²) in [6, 6.07) is 0.611. The van der Waals surface area contributed by atoms with Crippen LogP contribution in [-0.4, -0.2) is 29.8 Å². The van der Waals surface area contributed by atoms with E-state index >= 15 is 0 Å². The van der Waals surface area contributed by atoms with E-state index in [1.54, 1.807) is 0 Å². The van der Waals surface area contributed by atoms with Gasteiger partial charge in [0.1, 0.15) is 5.78 Å². The largest absolute Gasteiger partial charge is 0.298 e. The van der Waals surface area contributed by atoms with Gasteiger partial charge in [0.25, 0.3) is 0 Å². The SMILES string of the molecule is CCC1CCC2CC(=O)CN2C1. The predicted molar refractivity (Wildman–Crippen MR) is 48.0 cm³/mol. The second-order valence-electron chi connectivity index (χ2n) is 4.18. The first-order valence-corrected chi connectivity index (χ1v) is 5.05. The van der Waals surface area contributed by atoms with Crippen LogP contribution in [0.2, 0.25) is 0 Å². The van der Waals surface area contributed by atoms with Gasteiger partial charge in [0, 0.05) is 19.0 Å². The van der Waals surface area contributed by atoms with Crippen LogP contribution in [0.5, 0.6) is 0 Å². The van der Waals surface area contributed by atoms with E-state index in [0.29, 0.717) is 11.8 Å². The number of fused-ring (bicyclic) bond motifs is 1. The van der Waals surface area contributed by atoms with E-state index in [4.69, 9.17) is 0 Å². The summed E-state index contributed by atoms with van der Waals surface area (Å²) in [5, 5.41) is 0. The molecule has 2 aliphatic rings. The van der Waals surface area contributed by atoms with Crippen molar-refractivity contribution in [2.24, 2.45) is 5.92 Å². The quantitative estimate of drug-likeness (QED) is 0.589. The van der Waals surface area contributed by atoms with Crippen LogP contribution in [0.1, 0.15) is 32.6 Å². The molecule has 2 unspecified atom stereocenters. The van der Waals surface area contributed by atoms with E-state index in [1.165, 1.54) is 25.8 Å². The molecule has 0 aromatic rings. The monoisotopic (exact) mass is 167 g/mol. The van der Waals surface area contributed by atoms with Crippen LogP contribution >= 0.6 is 0 Å². The van der Waals surface area contributed by atoms with Crippen molar-refractivity contribution in [1.29, 1.82) is 0 Å². The Morgan fingerprint density at radius 3 is 3.08 bits per heavy atom. The van der Waals surface area contributed by atoms with Crippen molar-refractivity contribution in [3.8, 4) is 0 Å². The lowest BCUT2D eigenvalue weighted by atomic mass is 9.91. The average molecular weight is 167 g/mol. The van der Waals surface area contributed by atoms with E-state index < -0.39 is 0 Å². The molecule has 0 amide bonds. The molecule has 68 valence electrons. The molecular formula is C10H17NO. The summed E-state index contributed by atoms with van der Waals surface area (Å²) >= 11 is 0. The molecule has 0 saturated carbocycles. The molecular weight excluding hydrogens is 150 g/mol. The van der Waals surface area contributed by atoms with Crippen LogP contribution in [0.15, 0.2) is 0 Å². The van der Waals surface area contributed by atoms with Crippen LogP contribution in [0.3, 0.4) is 0 Å². The zero-order valence-corrected chi connectivity index (χ0v) is 7.75. The van der Waals surface area contributed by atoms with E-state index in [0.717, 1.165) is 18.9 Å². The molecule has 0 aromatic carbocycles. The normalized spacial score (nSPS) is 36.9. The molecule has 0 radical (unpaired) electrons. The summed E-state index contributed by atoms with van der Waals surface area (Å²) in [4.78, 5) is 13.6. The summed E-state index contributed by atoms with van der Waals surface area (Å²) in [7, 11) is 0. The maximum atomic E-state index is 11.2. The zero-order valence-electron chi connectivity index (χ0n) is 7.75. The minimum atomic E-state index is 0.455. The fraction of sp³-hybridized carbons (Fsp3) is 0.900. The standard InChI is InChI=1S/C10H17NO/c1-2-8-3-4-9-5-10(12)7-11(9)6-8/h8-9H,2-7H2,1H3. The molecule has 0 N–H and O–H groups in total. The maximum absolute atomic E-state index is 11.2. The molecule has 2 fully saturated rings. The second kappa shape index (κ2) is 3.17. The lowest BCUT2D eigenvalue weighted by molar-refractivity contribution is -0.116. The van der Waals surface area contributed by atoms with Crippen LogP contribution in [0.25, 0.3) is 0 Å². The molecule has 2 rings (SSSR count). The summed E-state index contributed by atoms with van der Waals surface area (Å²) in [6.45, 7) is 4.16. The average Bonchev–Trinajstić information content (AvgIpc) is 2.43. The van der Waals surface area contributed by atoms with Crippen LogP contribution in [-0.2, 0) is 4.79 Å². The van der Waals surface area contributed by atoms with Crippen molar-refractivity contribution in [2.45, 2.75) is 38.6 Å². The Morgan fingerprint density at radius 2 is 2.33 bits per heavy atom. The van der Waals surface area contributed by atoms with E-state index in [9.17, 15) is 4.79 Å². The van der Waals surface area contributed by atoms with Gasteiger partial charge in [-0.25, -0.2) is 0 Å². The number of piperidine rings is 1. The molecule has 0 aromatic heterocycles. The highest BCUT2D eigenvalue weighted by atomic mass is 16.1. The Bertz CT molecular complexity index is 190. The first-order valence-electron chi connectivity index (χ1n) is 5.05. The minimum Gasteiger partial charge on any atom is -0.298 e. The van der Waals surface area contributed by atoms with Crippen molar-refractivity contribution in [2.75, 3.05) is 13.1 Å². The fourth-order valence-electron chi connectivity index (χ4n) is 2.49. The van der Waals surface area contributed by atoms with Gasteiger partial charge in [0.2, 0.25) is 0 Å². The number of carbonyl (C=O) groups is 1. The molecule has 0 aliphatic carbocycles. The van der Waals surface area contributed by atoms with Crippen molar-refractivity contribution in [3.05, 3.63) is 0 Å². The van der Waals surface area contributed by atoms with Crippen LogP contribution in [0.4, 0.5) is 0 Å². The molecule has 2 aliphatic heterocycles. The second-order valence-corrected chi connectivity index (χ2v) is 4.18. The smallest absolute Gasteiger partial charge is 0.148 e. The molecule has 2 saturated heterocycles. The molecule has 0 spiro atoms. The van der Waals surface area contributed by atoms with Gasteiger partial charge in [-0.05, 0) is 18.8 Å². The summed E-state index contributed by atoms with van der Waals surface area (Å²) in [6.07, 6.45) is 4.70. The van der Waals surface area contributed by atoms with Gasteiger partial charge in [-0.15, -0.1) is 0 Å². The van der Waals surface area contributed by atoms with Crippen molar-refractivity contribution >= 4 is 5.78 Å². The Labute approximate surface area is 73.9 Å². The summed E-state index contributed by atoms with van der Waals surface area (Å²) < 4.78 is 0. The summed E-state index contributed by atoms with van der Waals surface area (Å²) in [5.41, 5.74) is 0. The molecule has 2 heterocycles. The van der Waals surface area contributed by atoms with Crippen LogP contribution < -0.4 is 0 Å². The number of Topliss-reactive ketones (excluding diaryl/α,β-unsaturated/α-hetero) is 1. The third-order valence-corrected chi connectivity index (χ3v) is 3.34. The number of hydrogen-bond acceptors (Lipinski definition) is 2. The molecule has 2 heteroatoms. The van der Waals surface area contributed by atoms with Gasteiger partial charge >= 0.3 is 0 Å². The zero-order chi connectivity index (χ0) is 8.55. The first-order chi connectivity index (χ1) is 5.79. The Balaban J connectivity index is 1.97. The lowest BCUT2D eigenvalue weighted by Gasteiger charge is -2.33. The third kappa shape index (κ3) is 1.40. The lowest BCUT2D eigenvalue weighted by Crippen LogP contribution is -2.38. The molecule has 0 bridgehead atoms.